The Morgan fingerprint density at radius 3 is 2.26 bits per heavy atom. The van der Waals surface area contributed by atoms with Gasteiger partial charge in [0.1, 0.15) is 12.4 Å². The molecule has 0 spiro atoms. The maximum Gasteiger partial charge on any atom is 0.271 e. The van der Waals surface area contributed by atoms with E-state index in [4.69, 9.17) is 14.2 Å². The van der Waals surface area contributed by atoms with E-state index >= 15 is 0 Å². The highest BCUT2D eigenvalue weighted by Gasteiger charge is 2.09. The van der Waals surface area contributed by atoms with Gasteiger partial charge in [-0.2, -0.15) is 5.10 Å². The third-order valence-electron chi connectivity index (χ3n) is 5.39. The number of hydrazone groups is 1. The van der Waals surface area contributed by atoms with E-state index in [1.807, 2.05) is 66.7 Å². The summed E-state index contributed by atoms with van der Waals surface area (Å²) in [5.41, 5.74) is 6.81. The Morgan fingerprint density at radius 2 is 1.51 bits per heavy atom. The normalized spacial score (nSPS) is 10.7. The second-order valence-electron chi connectivity index (χ2n) is 7.63. The number of carbonyl (C=O) groups is 1. The zero-order chi connectivity index (χ0) is 24.5. The van der Waals surface area contributed by atoms with Crippen LogP contribution in [-0.2, 0) is 6.61 Å². The number of amides is 1. The summed E-state index contributed by atoms with van der Waals surface area (Å²) in [6.07, 6.45) is 1.52. The van der Waals surface area contributed by atoms with Crippen molar-refractivity contribution < 1.29 is 19.0 Å². The number of benzene rings is 4. The predicted octanol–water partition coefficient (Wildman–Crippen LogP) is 5.71. The van der Waals surface area contributed by atoms with Gasteiger partial charge in [-0.1, -0.05) is 66.7 Å². The molecule has 0 aliphatic carbocycles. The van der Waals surface area contributed by atoms with Gasteiger partial charge in [0.15, 0.2) is 11.5 Å². The Bertz CT molecular complexity index is 1300. The van der Waals surface area contributed by atoms with Crippen LogP contribution in [0.4, 0.5) is 0 Å². The van der Waals surface area contributed by atoms with E-state index in [1.165, 1.54) is 6.21 Å². The van der Waals surface area contributed by atoms with Crippen LogP contribution in [0.25, 0.3) is 11.1 Å². The summed E-state index contributed by atoms with van der Waals surface area (Å²) in [6.45, 7) is 0.388. The molecular weight excluding hydrogens is 440 g/mol. The number of methoxy groups -OCH3 is 2. The SMILES string of the molecule is COc1cccc(C=NNC(=O)c2ccc(COc3ccccc3-c3ccccc3)cc2)c1OC. The van der Waals surface area contributed by atoms with Crippen LogP contribution in [0.3, 0.4) is 0 Å². The van der Waals surface area contributed by atoms with E-state index in [9.17, 15) is 4.79 Å². The van der Waals surface area contributed by atoms with Gasteiger partial charge in [0.05, 0.1) is 20.4 Å². The first-order valence-corrected chi connectivity index (χ1v) is 11.1. The van der Waals surface area contributed by atoms with Crippen LogP contribution < -0.4 is 19.6 Å². The molecular formula is C29H26N2O4. The van der Waals surface area contributed by atoms with Crippen LogP contribution in [0, 0.1) is 0 Å². The molecule has 0 saturated carbocycles. The molecule has 4 aromatic rings. The van der Waals surface area contributed by atoms with E-state index in [-0.39, 0.29) is 5.91 Å². The highest BCUT2D eigenvalue weighted by atomic mass is 16.5. The molecule has 35 heavy (non-hydrogen) atoms. The summed E-state index contributed by atoms with van der Waals surface area (Å²) in [6, 6.07) is 30.7. The Balaban J connectivity index is 1.37. The molecule has 0 saturated heterocycles. The number of para-hydroxylation sites is 2. The molecule has 1 amide bonds. The monoisotopic (exact) mass is 466 g/mol. The molecule has 6 nitrogen and oxygen atoms in total. The standard InChI is InChI=1S/C29H26N2O4/c1-33-27-14-8-11-24(28(27)34-2)19-30-31-29(32)23-17-15-21(16-18-23)20-35-26-13-7-6-12-25(26)22-9-4-3-5-10-22/h3-19H,20H2,1-2H3,(H,31,32). The Kier molecular flexibility index (Phi) is 7.76. The fraction of sp³-hybridized carbons (Fsp3) is 0.103. The van der Waals surface area contributed by atoms with Gasteiger partial charge in [-0.25, -0.2) is 5.43 Å². The summed E-state index contributed by atoms with van der Waals surface area (Å²) >= 11 is 0. The highest BCUT2D eigenvalue weighted by Crippen LogP contribution is 2.30. The second kappa shape index (κ2) is 11.5. The molecule has 0 aromatic heterocycles. The smallest absolute Gasteiger partial charge is 0.271 e. The molecule has 6 heteroatoms. The molecule has 1 N–H and O–H groups in total. The van der Waals surface area contributed by atoms with Gasteiger partial charge < -0.3 is 14.2 Å². The minimum atomic E-state index is -0.315. The largest absolute Gasteiger partial charge is 0.493 e. The van der Waals surface area contributed by atoms with E-state index < -0.39 is 0 Å². The Labute approximate surface area is 204 Å². The highest BCUT2D eigenvalue weighted by molar-refractivity contribution is 5.95. The molecule has 0 aliphatic heterocycles. The summed E-state index contributed by atoms with van der Waals surface area (Å²) in [7, 11) is 3.12. The number of rotatable bonds is 9. The minimum absolute atomic E-state index is 0.315. The van der Waals surface area contributed by atoms with Crippen molar-refractivity contribution in [1.29, 1.82) is 0 Å². The summed E-state index contributed by atoms with van der Waals surface area (Å²) in [4.78, 5) is 12.5. The van der Waals surface area contributed by atoms with Crippen LogP contribution in [0.1, 0.15) is 21.5 Å². The molecule has 0 unspecified atom stereocenters. The maximum absolute atomic E-state index is 12.5. The van der Waals surface area contributed by atoms with E-state index in [0.717, 1.165) is 22.4 Å². The average Bonchev–Trinajstić information content (AvgIpc) is 2.92. The number of hydrogen-bond acceptors (Lipinski definition) is 5. The van der Waals surface area contributed by atoms with E-state index in [2.05, 4.69) is 22.7 Å². The molecule has 176 valence electrons. The second-order valence-corrected chi connectivity index (χ2v) is 7.63. The van der Waals surface area contributed by atoms with Crippen molar-refractivity contribution in [3.63, 3.8) is 0 Å². The van der Waals surface area contributed by atoms with Crippen molar-refractivity contribution in [2.75, 3.05) is 14.2 Å². The average molecular weight is 467 g/mol. The van der Waals surface area contributed by atoms with Crippen LogP contribution in [-0.4, -0.2) is 26.3 Å². The number of nitrogens with one attached hydrogen (secondary N) is 1. The third kappa shape index (κ3) is 5.86. The van der Waals surface area contributed by atoms with Crippen molar-refractivity contribution in [3.05, 3.63) is 114 Å². The Morgan fingerprint density at radius 1 is 0.800 bits per heavy atom. The molecule has 0 radical (unpaired) electrons. The van der Waals surface area contributed by atoms with Crippen LogP contribution in [0.15, 0.2) is 102 Å². The van der Waals surface area contributed by atoms with Gasteiger partial charge in [0.2, 0.25) is 0 Å². The number of hydrogen-bond donors (Lipinski definition) is 1. The Hall–Kier alpha value is -4.58. The quantitative estimate of drug-likeness (QED) is 0.253. The van der Waals surface area contributed by atoms with Gasteiger partial charge >= 0.3 is 0 Å². The summed E-state index contributed by atoms with van der Waals surface area (Å²) in [5, 5.41) is 4.05. The van der Waals surface area contributed by atoms with Gasteiger partial charge in [0.25, 0.3) is 5.91 Å². The lowest BCUT2D eigenvalue weighted by molar-refractivity contribution is 0.0955. The lowest BCUT2D eigenvalue weighted by Crippen LogP contribution is -2.17. The van der Waals surface area contributed by atoms with Crippen molar-refractivity contribution in [2.45, 2.75) is 6.61 Å². The molecule has 0 aliphatic rings. The predicted molar refractivity (Wildman–Crippen MR) is 137 cm³/mol. The number of ether oxygens (including phenoxy) is 3. The number of nitrogens with zero attached hydrogens (tertiary/aromatic N) is 1. The lowest BCUT2D eigenvalue weighted by atomic mass is 10.0. The van der Waals surface area contributed by atoms with Crippen molar-refractivity contribution in [1.82, 2.24) is 5.43 Å². The van der Waals surface area contributed by atoms with Gasteiger partial charge in [-0.15, -0.1) is 0 Å². The van der Waals surface area contributed by atoms with Gasteiger partial charge in [-0.3, -0.25) is 4.79 Å². The van der Waals surface area contributed by atoms with Crippen molar-refractivity contribution >= 4 is 12.1 Å². The third-order valence-corrected chi connectivity index (χ3v) is 5.39. The van der Waals surface area contributed by atoms with Crippen molar-refractivity contribution in [3.8, 4) is 28.4 Å². The van der Waals surface area contributed by atoms with Gasteiger partial charge in [0, 0.05) is 16.7 Å². The minimum Gasteiger partial charge on any atom is -0.493 e. The summed E-state index contributed by atoms with van der Waals surface area (Å²) in [5.74, 6) is 1.63. The molecule has 0 bridgehead atoms. The van der Waals surface area contributed by atoms with Crippen molar-refractivity contribution in [2.24, 2.45) is 5.10 Å². The van der Waals surface area contributed by atoms with E-state index in [0.29, 0.717) is 29.2 Å². The fourth-order valence-corrected chi connectivity index (χ4v) is 3.60. The first-order chi connectivity index (χ1) is 17.2. The molecule has 4 rings (SSSR count). The first kappa shape index (κ1) is 23.6. The molecule has 0 heterocycles. The topological polar surface area (TPSA) is 69.2 Å². The number of carbonyl (C=O) groups excluding carboxylic acids is 1. The van der Waals surface area contributed by atoms with Crippen LogP contribution in [0.2, 0.25) is 0 Å². The van der Waals surface area contributed by atoms with Gasteiger partial charge in [-0.05, 0) is 41.5 Å². The molecule has 0 atom stereocenters. The zero-order valence-electron chi connectivity index (χ0n) is 19.6. The fourth-order valence-electron chi connectivity index (χ4n) is 3.60. The van der Waals surface area contributed by atoms with Crippen LogP contribution in [0.5, 0.6) is 17.2 Å². The molecule has 0 fully saturated rings. The zero-order valence-corrected chi connectivity index (χ0v) is 19.6. The lowest BCUT2D eigenvalue weighted by Gasteiger charge is -2.12. The first-order valence-electron chi connectivity index (χ1n) is 11.1. The van der Waals surface area contributed by atoms with Crippen LogP contribution >= 0.6 is 0 Å². The molecule has 4 aromatic carbocycles. The summed E-state index contributed by atoms with van der Waals surface area (Å²) < 4.78 is 16.7. The van der Waals surface area contributed by atoms with E-state index in [1.54, 1.807) is 32.4 Å². The maximum atomic E-state index is 12.5.